The van der Waals surface area contributed by atoms with Crippen molar-refractivity contribution < 1.29 is 9.53 Å². The highest BCUT2D eigenvalue weighted by Crippen LogP contribution is 2.29. The number of hydrogen-bond donors (Lipinski definition) is 0. The molecule has 0 bridgehead atoms. The van der Waals surface area contributed by atoms with E-state index in [1.165, 1.54) is 28.9 Å². The Morgan fingerprint density at radius 1 is 0.833 bits per heavy atom. The van der Waals surface area contributed by atoms with Crippen LogP contribution in [0.1, 0.15) is 15.9 Å². The van der Waals surface area contributed by atoms with Gasteiger partial charge in [0, 0.05) is 28.4 Å². The van der Waals surface area contributed by atoms with Crippen LogP contribution in [0, 0.1) is 0 Å². The number of ether oxygens (including phenoxy) is 1. The highest BCUT2D eigenvalue weighted by atomic mass is 16.5. The molecule has 0 saturated carbocycles. The molecule has 4 rings (SSSR count). The SMILES string of the molecule is COC(=O)c1ccc(Cn2c3ccccc3c3ccccc32)cc1. The van der Waals surface area contributed by atoms with Gasteiger partial charge in [0.25, 0.3) is 0 Å². The summed E-state index contributed by atoms with van der Waals surface area (Å²) >= 11 is 0. The van der Waals surface area contributed by atoms with Crippen LogP contribution in [0.4, 0.5) is 0 Å². The van der Waals surface area contributed by atoms with Crippen molar-refractivity contribution in [2.45, 2.75) is 6.54 Å². The molecule has 3 aromatic carbocycles. The molecule has 24 heavy (non-hydrogen) atoms. The van der Waals surface area contributed by atoms with Gasteiger partial charge in [-0.05, 0) is 29.8 Å². The third-order valence-corrected chi connectivity index (χ3v) is 4.40. The lowest BCUT2D eigenvalue weighted by atomic mass is 10.1. The Hall–Kier alpha value is -3.07. The molecule has 4 aromatic rings. The topological polar surface area (TPSA) is 31.2 Å². The average molecular weight is 315 g/mol. The van der Waals surface area contributed by atoms with Gasteiger partial charge in [-0.1, -0.05) is 48.5 Å². The molecule has 118 valence electrons. The molecule has 0 aliphatic rings. The van der Waals surface area contributed by atoms with Gasteiger partial charge in [0.2, 0.25) is 0 Å². The first-order valence-electron chi connectivity index (χ1n) is 7.91. The molecule has 0 amide bonds. The molecule has 0 atom stereocenters. The summed E-state index contributed by atoms with van der Waals surface area (Å²) in [5.41, 5.74) is 4.16. The molecule has 3 heteroatoms. The Morgan fingerprint density at radius 3 is 1.92 bits per heavy atom. The second-order valence-corrected chi connectivity index (χ2v) is 5.81. The van der Waals surface area contributed by atoms with E-state index >= 15 is 0 Å². The predicted octanol–water partition coefficient (Wildman–Crippen LogP) is 4.63. The number of aromatic nitrogens is 1. The van der Waals surface area contributed by atoms with E-state index < -0.39 is 0 Å². The van der Waals surface area contributed by atoms with Gasteiger partial charge >= 0.3 is 5.97 Å². The van der Waals surface area contributed by atoms with Crippen molar-refractivity contribution in [1.29, 1.82) is 0 Å². The van der Waals surface area contributed by atoms with Crippen molar-refractivity contribution in [2.24, 2.45) is 0 Å². The summed E-state index contributed by atoms with van der Waals surface area (Å²) in [7, 11) is 1.40. The van der Waals surface area contributed by atoms with Crippen molar-refractivity contribution in [3.63, 3.8) is 0 Å². The number of methoxy groups -OCH3 is 1. The van der Waals surface area contributed by atoms with Gasteiger partial charge < -0.3 is 9.30 Å². The minimum Gasteiger partial charge on any atom is -0.465 e. The smallest absolute Gasteiger partial charge is 0.337 e. The fourth-order valence-electron chi connectivity index (χ4n) is 3.22. The number of rotatable bonds is 3. The number of carbonyl (C=O) groups is 1. The summed E-state index contributed by atoms with van der Waals surface area (Å²) in [6.45, 7) is 0.759. The zero-order chi connectivity index (χ0) is 16.5. The second-order valence-electron chi connectivity index (χ2n) is 5.81. The molecular weight excluding hydrogens is 298 g/mol. The predicted molar refractivity (Wildman–Crippen MR) is 96.3 cm³/mol. The first-order valence-corrected chi connectivity index (χ1v) is 7.91. The van der Waals surface area contributed by atoms with E-state index in [9.17, 15) is 4.79 Å². The Morgan fingerprint density at radius 2 is 1.38 bits per heavy atom. The molecule has 0 saturated heterocycles. The zero-order valence-corrected chi connectivity index (χ0v) is 13.4. The number of fused-ring (bicyclic) bond motifs is 3. The molecule has 0 N–H and O–H groups in total. The Kier molecular flexibility index (Phi) is 3.54. The van der Waals surface area contributed by atoms with Gasteiger partial charge in [0.1, 0.15) is 0 Å². The summed E-state index contributed by atoms with van der Waals surface area (Å²) in [6.07, 6.45) is 0. The normalized spacial score (nSPS) is 11.0. The number of carbonyl (C=O) groups excluding carboxylic acids is 1. The van der Waals surface area contributed by atoms with E-state index in [1.54, 1.807) is 0 Å². The van der Waals surface area contributed by atoms with Gasteiger partial charge in [-0.2, -0.15) is 0 Å². The summed E-state index contributed by atoms with van der Waals surface area (Å²) < 4.78 is 7.07. The largest absolute Gasteiger partial charge is 0.465 e. The highest BCUT2D eigenvalue weighted by Gasteiger charge is 2.10. The van der Waals surface area contributed by atoms with E-state index in [0.717, 1.165) is 12.1 Å². The van der Waals surface area contributed by atoms with E-state index in [4.69, 9.17) is 4.74 Å². The summed E-state index contributed by atoms with van der Waals surface area (Å²) in [6, 6.07) is 24.5. The van der Waals surface area contributed by atoms with Crippen molar-refractivity contribution in [3.05, 3.63) is 83.9 Å². The molecule has 0 aliphatic heterocycles. The molecule has 1 heterocycles. The van der Waals surface area contributed by atoms with Crippen LogP contribution >= 0.6 is 0 Å². The summed E-state index contributed by atoms with van der Waals surface area (Å²) in [5.74, 6) is -0.307. The minimum atomic E-state index is -0.307. The lowest BCUT2D eigenvalue weighted by Crippen LogP contribution is -2.03. The fourth-order valence-corrected chi connectivity index (χ4v) is 3.22. The van der Waals surface area contributed by atoms with Crippen molar-refractivity contribution in [1.82, 2.24) is 4.57 Å². The molecule has 0 aliphatic carbocycles. The number of para-hydroxylation sites is 2. The summed E-state index contributed by atoms with van der Waals surface area (Å²) in [4.78, 5) is 11.6. The van der Waals surface area contributed by atoms with Crippen LogP contribution in [0.5, 0.6) is 0 Å². The third-order valence-electron chi connectivity index (χ3n) is 4.40. The minimum absolute atomic E-state index is 0.307. The quantitative estimate of drug-likeness (QED) is 0.516. The maximum absolute atomic E-state index is 11.6. The lowest BCUT2D eigenvalue weighted by Gasteiger charge is -2.08. The van der Waals surface area contributed by atoms with E-state index in [-0.39, 0.29) is 5.97 Å². The molecule has 0 spiro atoms. The molecule has 0 fully saturated rings. The van der Waals surface area contributed by atoms with Crippen molar-refractivity contribution >= 4 is 27.8 Å². The number of hydrogen-bond acceptors (Lipinski definition) is 2. The Balaban J connectivity index is 1.80. The molecule has 3 nitrogen and oxygen atoms in total. The molecule has 1 aromatic heterocycles. The zero-order valence-electron chi connectivity index (χ0n) is 13.4. The van der Waals surface area contributed by atoms with Crippen LogP contribution in [-0.4, -0.2) is 17.6 Å². The van der Waals surface area contributed by atoms with E-state index in [1.807, 2.05) is 24.3 Å². The molecule has 0 radical (unpaired) electrons. The van der Waals surface area contributed by atoms with Gasteiger partial charge in [0.15, 0.2) is 0 Å². The monoisotopic (exact) mass is 315 g/mol. The number of nitrogens with zero attached hydrogens (tertiary/aromatic N) is 1. The maximum atomic E-state index is 11.6. The van der Waals surface area contributed by atoms with Crippen molar-refractivity contribution in [2.75, 3.05) is 7.11 Å². The summed E-state index contributed by atoms with van der Waals surface area (Å²) in [5, 5.41) is 2.53. The van der Waals surface area contributed by atoms with E-state index in [0.29, 0.717) is 5.56 Å². The van der Waals surface area contributed by atoms with Crippen LogP contribution in [0.15, 0.2) is 72.8 Å². The van der Waals surface area contributed by atoms with Crippen LogP contribution in [-0.2, 0) is 11.3 Å². The van der Waals surface area contributed by atoms with Crippen LogP contribution in [0.2, 0.25) is 0 Å². The first-order chi connectivity index (χ1) is 11.8. The van der Waals surface area contributed by atoms with Crippen LogP contribution < -0.4 is 0 Å². The average Bonchev–Trinajstić information content (AvgIpc) is 2.96. The number of esters is 1. The number of benzene rings is 3. The maximum Gasteiger partial charge on any atom is 0.337 e. The fraction of sp³-hybridized carbons (Fsp3) is 0.0952. The van der Waals surface area contributed by atoms with Gasteiger partial charge in [-0.3, -0.25) is 0 Å². The third kappa shape index (κ3) is 2.35. The van der Waals surface area contributed by atoms with Gasteiger partial charge in [0.05, 0.1) is 12.7 Å². The first kappa shape index (κ1) is 14.5. The molecular formula is C21H17NO2. The van der Waals surface area contributed by atoms with Crippen LogP contribution in [0.3, 0.4) is 0 Å². The Labute approximate surface area is 140 Å². The van der Waals surface area contributed by atoms with Gasteiger partial charge in [-0.25, -0.2) is 4.79 Å². The lowest BCUT2D eigenvalue weighted by molar-refractivity contribution is 0.0600. The highest BCUT2D eigenvalue weighted by molar-refractivity contribution is 6.08. The standard InChI is InChI=1S/C21H17NO2/c1-24-21(23)16-12-10-15(11-13-16)14-22-19-8-4-2-6-17(19)18-7-3-5-9-20(18)22/h2-13H,14H2,1H3. The Bertz CT molecular complexity index is 976. The molecule has 0 unspecified atom stereocenters. The van der Waals surface area contributed by atoms with Crippen molar-refractivity contribution in [3.8, 4) is 0 Å². The second kappa shape index (κ2) is 5.85. The van der Waals surface area contributed by atoms with Gasteiger partial charge in [-0.15, -0.1) is 0 Å². The van der Waals surface area contributed by atoms with E-state index in [2.05, 4.69) is 53.1 Å². The van der Waals surface area contributed by atoms with Crippen LogP contribution in [0.25, 0.3) is 21.8 Å².